The van der Waals surface area contributed by atoms with Crippen LogP contribution in [-0.4, -0.2) is 42.6 Å². The Morgan fingerprint density at radius 1 is 1.59 bits per heavy atom. The van der Waals surface area contributed by atoms with Crippen molar-refractivity contribution in [2.24, 2.45) is 5.73 Å². The van der Waals surface area contributed by atoms with Crippen LogP contribution in [-0.2, 0) is 9.53 Å². The van der Waals surface area contributed by atoms with Crippen LogP contribution in [0.15, 0.2) is 0 Å². The summed E-state index contributed by atoms with van der Waals surface area (Å²) in [4.78, 5) is 13.8. The van der Waals surface area contributed by atoms with Gasteiger partial charge < -0.3 is 15.4 Å². The lowest BCUT2D eigenvalue weighted by Crippen LogP contribution is -2.53. The van der Waals surface area contributed by atoms with Gasteiger partial charge in [-0.05, 0) is 26.2 Å². The molecule has 0 saturated carbocycles. The minimum absolute atomic E-state index is 0. The average molecular weight is 265 g/mol. The molecule has 1 fully saturated rings. The Morgan fingerprint density at radius 2 is 2.24 bits per heavy atom. The molecule has 0 aromatic heterocycles. The molecule has 1 amide bonds. The fourth-order valence-corrected chi connectivity index (χ4v) is 2.24. The molecule has 0 aliphatic carbocycles. The molecule has 2 unspecified atom stereocenters. The number of carbonyl (C=O) groups is 1. The Bertz CT molecular complexity index is 241. The van der Waals surface area contributed by atoms with Crippen molar-refractivity contribution < 1.29 is 9.53 Å². The van der Waals surface area contributed by atoms with E-state index in [1.165, 1.54) is 0 Å². The van der Waals surface area contributed by atoms with E-state index in [9.17, 15) is 4.79 Å². The van der Waals surface area contributed by atoms with Gasteiger partial charge in [-0.2, -0.15) is 0 Å². The summed E-state index contributed by atoms with van der Waals surface area (Å²) in [7, 11) is 1.81. The second-order valence-corrected chi connectivity index (χ2v) is 4.99. The first-order valence-corrected chi connectivity index (χ1v) is 6.13. The van der Waals surface area contributed by atoms with Crippen LogP contribution in [0.3, 0.4) is 0 Å². The van der Waals surface area contributed by atoms with Crippen molar-refractivity contribution in [2.75, 3.05) is 20.2 Å². The average Bonchev–Trinajstić information content (AvgIpc) is 2.69. The molecule has 17 heavy (non-hydrogen) atoms. The van der Waals surface area contributed by atoms with Gasteiger partial charge in [0, 0.05) is 20.2 Å². The summed E-state index contributed by atoms with van der Waals surface area (Å²) in [6, 6.07) is 0. The first-order chi connectivity index (χ1) is 7.47. The Labute approximate surface area is 110 Å². The van der Waals surface area contributed by atoms with Crippen molar-refractivity contribution in [3.05, 3.63) is 0 Å². The van der Waals surface area contributed by atoms with Gasteiger partial charge in [0.05, 0.1) is 11.6 Å². The number of nitrogens with two attached hydrogens (primary N) is 1. The molecule has 4 nitrogen and oxygen atoms in total. The van der Waals surface area contributed by atoms with Crippen LogP contribution < -0.4 is 5.73 Å². The summed E-state index contributed by atoms with van der Waals surface area (Å²) >= 11 is 0. The summed E-state index contributed by atoms with van der Waals surface area (Å²) in [6.07, 6.45) is 3.99. The summed E-state index contributed by atoms with van der Waals surface area (Å²) in [5, 5.41) is 0. The van der Waals surface area contributed by atoms with Crippen LogP contribution in [0.1, 0.15) is 39.5 Å². The fraction of sp³-hybridized carbons (Fsp3) is 0.917. The lowest BCUT2D eigenvalue weighted by molar-refractivity contribution is -0.136. The summed E-state index contributed by atoms with van der Waals surface area (Å²) in [6.45, 7) is 5.33. The van der Waals surface area contributed by atoms with E-state index < -0.39 is 5.54 Å². The Balaban J connectivity index is 0.00000256. The zero-order valence-corrected chi connectivity index (χ0v) is 11.9. The van der Waals surface area contributed by atoms with Crippen molar-refractivity contribution in [1.82, 2.24) is 4.90 Å². The molecule has 0 aromatic rings. The van der Waals surface area contributed by atoms with E-state index in [1.807, 2.05) is 20.9 Å². The van der Waals surface area contributed by atoms with Crippen LogP contribution in [0.4, 0.5) is 0 Å². The molecule has 1 heterocycles. The smallest absolute Gasteiger partial charge is 0.242 e. The van der Waals surface area contributed by atoms with Crippen molar-refractivity contribution >= 4 is 18.3 Å². The summed E-state index contributed by atoms with van der Waals surface area (Å²) in [5.41, 5.74) is 5.28. The highest BCUT2D eigenvalue weighted by Crippen LogP contribution is 2.16. The maximum atomic E-state index is 12.1. The predicted octanol–water partition coefficient (Wildman–Crippen LogP) is 1.56. The molecule has 1 aliphatic heterocycles. The van der Waals surface area contributed by atoms with Gasteiger partial charge in [-0.15, -0.1) is 12.4 Å². The number of hydrogen-bond acceptors (Lipinski definition) is 3. The number of carbonyl (C=O) groups excluding carboxylic acids is 1. The molecule has 0 radical (unpaired) electrons. The van der Waals surface area contributed by atoms with Crippen molar-refractivity contribution in [3.63, 3.8) is 0 Å². The van der Waals surface area contributed by atoms with Crippen molar-refractivity contribution in [3.8, 4) is 0 Å². The predicted molar refractivity (Wildman–Crippen MR) is 71.4 cm³/mol. The highest BCUT2D eigenvalue weighted by atomic mass is 35.5. The lowest BCUT2D eigenvalue weighted by atomic mass is 9.96. The van der Waals surface area contributed by atoms with Gasteiger partial charge in [0.1, 0.15) is 0 Å². The quantitative estimate of drug-likeness (QED) is 0.820. The van der Waals surface area contributed by atoms with E-state index in [2.05, 4.69) is 0 Å². The number of ether oxygens (including phenoxy) is 1. The maximum absolute atomic E-state index is 12.1. The van der Waals surface area contributed by atoms with Crippen molar-refractivity contribution in [1.29, 1.82) is 0 Å². The van der Waals surface area contributed by atoms with Gasteiger partial charge in [-0.1, -0.05) is 13.3 Å². The highest BCUT2D eigenvalue weighted by molar-refractivity contribution is 5.85. The van der Waals surface area contributed by atoms with Gasteiger partial charge in [0.15, 0.2) is 0 Å². The van der Waals surface area contributed by atoms with Crippen LogP contribution >= 0.6 is 12.4 Å². The lowest BCUT2D eigenvalue weighted by Gasteiger charge is -2.30. The molecule has 0 bridgehead atoms. The minimum atomic E-state index is -0.734. The number of hydrogen-bond donors (Lipinski definition) is 1. The number of nitrogens with zero attached hydrogens (tertiary/aromatic N) is 1. The first kappa shape index (κ1) is 16.7. The second-order valence-electron chi connectivity index (χ2n) is 4.99. The van der Waals surface area contributed by atoms with Crippen LogP contribution in [0.25, 0.3) is 0 Å². The van der Waals surface area contributed by atoms with E-state index >= 15 is 0 Å². The third-order valence-corrected chi connectivity index (χ3v) is 3.11. The molecule has 2 atom stereocenters. The van der Waals surface area contributed by atoms with E-state index in [0.29, 0.717) is 6.54 Å². The van der Waals surface area contributed by atoms with Crippen molar-refractivity contribution in [2.45, 2.75) is 51.2 Å². The number of rotatable bonds is 5. The van der Waals surface area contributed by atoms with E-state index in [0.717, 1.165) is 32.3 Å². The monoisotopic (exact) mass is 264 g/mol. The van der Waals surface area contributed by atoms with Gasteiger partial charge in [0.25, 0.3) is 0 Å². The van der Waals surface area contributed by atoms with Crippen LogP contribution in [0.5, 0.6) is 0 Å². The fourth-order valence-electron chi connectivity index (χ4n) is 2.24. The third-order valence-electron chi connectivity index (χ3n) is 3.11. The standard InChI is InChI=1S/C12H24N2O2.ClH/c1-4-7-12(2,13)11(15)14(3)9-10-6-5-8-16-10;/h10H,4-9,13H2,1-3H3;1H. The molecular weight excluding hydrogens is 240 g/mol. The number of amides is 1. The normalized spacial score (nSPS) is 22.7. The molecule has 1 rings (SSSR count). The molecular formula is C12H25ClN2O2. The Kier molecular flexibility index (Phi) is 7.05. The third kappa shape index (κ3) is 4.82. The molecule has 1 aliphatic rings. The minimum Gasteiger partial charge on any atom is -0.376 e. The van der Waals surface area contributed by atoms with E-state index in [4.69, 9.17) is 10.5 Å². The zero-order chi connectivity index (χ0) is 12.2. The SMILES string of the molecule is CCCC(C)(N)C(=O)N(C)CC1CCCO1.Cl. The van der Waals surface area contributed by atoms with Crippen LogP contribution in [0.2, 0.25) is 0 Å². The molecule has 0 spiro atoms. The molecule has 0 aromatic carbocycles. The Hall–Kier alpha value is -0.320. The number of halogens is 1. The van der Waals surface area contributed by atoms with Gasteiger partial charge in [-0.3, -0.25) is 4.79 Å². The van der Waals surface area contributed by atoms with Crippen LogP contribution in [0, 0.1) is 0 Å². The van der Waals surface area contributed by atoms with Gasteiger partial charge in [-0.25, -0.2) is 0 Å². The molecule has 2 N–H and O–H groups in total. The Morgan fingerprint density at radius 3 is 2.71 bits per heavy atom. The van der Waals surface area contributed by atoms with Gasteiger partial charge >= 0.3 is 0 Å². The summed E-state index contributed by atoms with van der Waals surface area (Å²) in [5.74, 6) is 0.0184. The van der Waals surface area contributed by atoms with E-state index in [-0.39, 0.29) is 24.4 Å². The first-order valence-electron chi connectivity index (χ1n) is 6.13. The highest BCUT2D eigenvalue weighted by Gasteiger charge is 2.31. The topological polar surface area (TPSA) is 55.6 Å². The largest absolute Gasteiger partial charge is 0.376 e. The zero-order valence-electron chi connectivity index (χ0n) is 11.1. The second kappa shape index (κ2) is 7.19. The van der Waals surface area contributed by atoms with Gasteiger partial charge in [0.2, 0.25) is 5.91 Å². The molecule has 1 saturated heterocycles. The molecule has 5 heteroatoms. The maximum Gasteiger partial charge on any atom is 0.242 e. The summed E-state index contributed by atoms with van der Waals surface area (Å²) < 4.78 is 5.51. The molecule has 102 valence electrons. The number of likely N-dealkylation sites (N-methyl/N-ethyl adjacent to an activating group) is 1. The van der Waals surface area contributed by atoms with E-state index in [1.54, 1.807) is 4.90 Å².